The van der Waals surface area contributed by atoms with Gasteiger partial charge in [0.1, 0.15) is 0 Å². The number of hydrogen-bond acceptors (Lipinski definition) is 1. The summed E-state index contributed by atoms with van der Waals surface area (Å²) in [5, 5.41) is 9.08. The van der Waals surface area contributed by atoms with Crippen LogP contribution in [0.2, 0.25) is 0 Å². The van der Waals surface area contributed by atoms with Gasteiger partial charge in [-0.25, -0.2) is 0 Å². The third-order valence-corrected chi connectivity index (χ3v) is 3.61. The summed E-state index contributed by atoms with van der Waals surface area (Å²) in [6.07, 6.45) is 3.24. The summed E-state index contributed by atoms with van der Waals surface area (Å²) in [5.41, 5.74) is 2.46. The predicted octanol–water partition coefficient (Wildman–Crippen LogP) is 3.76. The Bertz CT molecular complexity index is 379. The highest BCUT2D eigenvalue weighted by atomic mass is 14.5. The molecular weight excluding hydrogens is 182 g/mol. The van der Waals surface area contributed by atoms with Gasteiger partial charge < -0.3 is 0 Å². The van der Waals surface area contributed by atoms with Crippen LogP contribution < -0.4 is 0 Å². The van der Waals surface area contributed by atoms with Crippen molar-refractivity contribution in [2.45, 2.75) is 44.4 Å². The molecule has 0 heterocycles. The third kappa shape index (κ3) is 1.77. The van der Waals surface area contributed by atoms with Crippen molar-refractivity contribution >= 4 is 0 Å². The molecule has 0 bridgehead atoms. The molecule has 15 heavy (non-hydrogen) atoms. The molecule has 1 saturated carbocycles. The Kier molecular flexibility index (Phi) is 2.52. The maximum absolute atomic E-state index is 9.08. The van der Waals surface area contributed by atoms with Crippen molar-refractivity contribution in [1.29, 1.82) is 5.26 Å². The summed E-state index contributed by atoms with van der Waals surface area (Å²) in [6, 6.07) is 11.1. The lowest BCUT2D eigenvalue weighted by molar-refractivity contribution is 0.732. The monoisotopic (exact) mass is 199 g/mol. The highest BCUT2D eigenvalue weighted by Gasteiger charge is 2.44. The number of nitriles is 1. The molecule has 0 aliphatic heterocycles. The summed E-state index contributed by atoms with van der Waals surface area (Å²) >= 11 is 0. The predicted molar refractivity (Wildman–Crippen MR) is 61.7 cm³/mol. The van der Waals surface area contributed by atoms with Crippen molar-refractivity contribution in [3.8, 4) is 6.07 Å². The second-order valence-corrected chi connectivity index (χ2v) is 4.63. The molecule has 1 aliphatic rings. The molecule has 0 saturated heterocycles. The smallest absolute Gasteiger partial charge is 0.0823 e. The molecule has 1 atom stereocenters. The van der Waals surface area contributed by atoms with Gasteiger partial charge in [-0.2, -0.15) is 5.26 Å². The molecule has 1 fully saturated rings. The maximum atomic E-state index is 9.08. The lowest BCUT2D eigenvalue weighted by Gasteiger charge is -2.11. The third-order valence-electron chi connectivity index (χ3n) is 3.61. The van der Waals surface area contributed by atoms with E-state index in [4.69, 9.17) is 5.26 Å². The van der Waals surface area contributed by atoms with Crippen LogP contribution in [-0.4, -0.2) is 0 Å². The van der Waals surface area contributed by atoms with Crippen molar-refractivity contribution in [3.05, 3.63) is 35.4 Å². The molecule has 1 aliphatic carbocycles. The van der Waals surface area contributed by atoms with E-state index in [-0.39, 0.29) is 5.41 Å². The van der Waals surface area contributed by atoms with Crippen LogP contribution in [-0.2, 0) is 5.41 Å². The number of nitrogens with zero attached hydrogens (tertiary/aromatic N) is 1. The fourth-order valence-corrected chi connectivity index (χ4v) is 1.96. The van der Waals surface area contributed by atoms with E-state index >= 15 is 0 Å². The molecule has 1 unspecified atom stereocenters. The van der Waals surface area contributed by atoms with Crippen LogP contribution >= 0.6 is 0 Å². The molecule has 0 N–H and O–H groups in total. The highest BCUT2D eigenvalue weighted by molar-refractivity contribution is 5.40. The van der Waals surface area contributed by atoms with Gasteiger partial charge in [0.2, 0.25) is 0 Å². The lowest BCUT2D eigenvalue weighted by Crippen LogP contribution is -2.02. The first-order chi connectivity index (χ1) is 7.22. The van der Waals surface area contributed by atoms with Crippen molar-refractivity contribution < 1.29 is 0 Å². The van der Waals surface area contributed by atoms with E-state index < -0.39 is 0 Å². The maximum Gasteiger partial charge on any atom is 0.0823 e. The van der Waals surface area contributed by atoms with Crippen LogP contribution in [0.3, 0.4) is 0 Å². The normalized spacial score (nSPS) is 19.3. The van der Waals surface area contributed by atoms with E-state index in [9.17, 15) is 0 Å². The minimum Gasteiger partial charge on any atom is -0.197 e. The van der Waals surface area contributed by atoms with Crippen molar-refractivity contribution in [1.82, 2.24) is 0 Å². The average Bonchev–Trinajstić information content (AvgIpc) is 3.09. The molecule has 0 aromatic heterocycles. The second kappa shape index (κ2) is 3.70. The molecule has 0 radical (unpaired) electrons. The zero-order chi connectivity index (χ0) is 10.9. The standard InChI is InChI=1S/C14H17N/c1-3-11(2)12-4-6-13(7-5-12)14(10-15)8-9-14/h4-7,11H,3,8-9H2,1-2H3. The first kappa shape index (κ1) is 10.2. The van der Waals surface area contributed by atoms with Gasteiger partial charge in [-0.1, -0.05) is 38.1 Å². The van der Waals surface area contributed by atoms with Gasteiger partial charge in [-0.3, -0.25) is 0 Å². The molecule has 2 rings (SSSR count). The molecule has 1 aromatic carbocycles. The quantitative estimate of drug-likeness (QED) is 0.727. The van der Waals surface area contributed by atoms with Crippen LogP contribution in [0.5, 0.6) is 0 Å². The summed E-state index contributed by atoms with van der Waals surface area (Å²) in [7, 11) is 0. The molecular formula is C14H17N. The van der Waals surface area contributed by atoms with Crippen LogP contribution in [0.4, 0.5) is 0 Å². The molecule has 0 spiro atoms. The van der Waals surface area contributed by atoms with Gasteiger partial charge >= 0.3 is 0 Å². The zero-order valence-electron chi connectivity index (χ0n) is 9.46. The van der Waals surface area contributed by atoms with Crippen molar-refractivity contribution in [2.75, 3.05) is 0 Å². The largest absolute Gasteiger partial charge is 0.197 e. The highest BCUT2D eigenvalue weighted by Crippen LogP contribution is 2.47. The van der Waals surface area contributed by atoms with E-state index in [0.29, 0.717) is 5.92 Å². The van der Waals surface area contributed by atoms with Crippen LogP contribution in [0.15, 0.2) is 24.3 Å². The van der Waals surface area contributed by atoms with Crippen LogP contribution in [0.25, 0.3) is 0 Å². The number of benzene rings is 1. The van der Waals surface area contributed by atoms with Crippen LogP contribution in [0.1, 0.15) is 50.2 Å². The summed E-state index contributed by atoms with van der Waals surface area (Å²) in [4.78, 5) is 0. The number of rotatable bonds is 3. The summed E-state index contributed by atoms with van der Waals surface area (Å²) in [6.45, 7) is 4.45. The van der Waals surface area contributed by atoms with Gasteiger partial charge in [0.05, 0.1) is 11.5 Å². The van der Waals surface area contributed by atoms with Crippen molar-refractivity contribution in [3.63, 3.8) is 0 Å². The Morgan fingerprint density at radius 3 is 2.33 bits per heavy atom. The molecule has 1 aromatic rings. The lowest BCUT2D eigenvalue weighted by atomic mass is 9.92. The summed E-state index contributed by atoms with van der Waals surface area (Å²) < 4.78 is 0. The Morgan fingerprint density at radius 1 is 1.33 bits per heavy atom. The van der Waals surface area contributed by atoms with E-state index in [1.54, 1.807) is 0 Å². The van der Waals surface area contributed by atoms with Crippen LogP contribution in [0, 0.1) is 11.3 Å². The van der Waals surface area contributed by atoms with Gasteiger partial charge in [-0.05, 0) is 36.3 Å². The topological polar surface area (TPSA) is 23.8 Å². The van der Waals surface area contributed by atoms with Gasteiger partial charge in [0.15, 0.2) is 0 Å². The Balaban J connectivity index is 2.22. The van der Waals surface area contributed by atoms with E-state index in [0.717, 1.165) is 12.8 Å². The van der Waals surface area contributed by atoms with Crippen molar-refractivity contribution in [2.24, 2.45) is 0 Å². The van der Waals surface area contributed by atoms with Gasteiger partial charge in [-0.15, -0.1) is 0 Å². The first-order valence-corrected chi connectivity index (χ1v) is 5.73. The van der Waals surface area contributed by atoms with Gasteiger partial charge in [0.25, 0.3) is 0 Å². The fraction of sp³-hybridized carbons (Fsp3) is 0.500. The molecule has 78 valence electrons. The Labute approximate surface area is 91.7 Å². The Hall–Kier alpha value is -1.29. The number of hydrogen-bond donors (Lipinski definition) is 0. The molecule has 0 amide bonds. The summed E-state index contributed by atoms with van der Waals surface area (Å²) in [5.74, 6) is 0.622. The second-order valence-electron chi connectivity index (χ2n) is 4.63. The first-order valence-electron chi connectivity index (χ1n) is 5.73. The zero-order valence-corrected chi connectivity index (χ0v) is 9.46. The minimum absolute atomic E-state index is 0.131. The van der Waals surface area contributed by atoms with E-state index in [1.165, 1.54) is 17.5 Å². The fourth-order valence-electron chi connectivity index (χ4n) is 1.96. The Morgan fingerprint density at radius 2 is 1.93 bits per heavy atom. The van der Waals surface area contributed by atoms with Gasteiger partial charge in [0, 0.05) is 0 Å². The molecule has 1 nitrogen and oxygen atoms in total. The average molecular weight is 199 g/mol. The van der Waals surface area contributed by atoms with E-state index in [1.807, 2.05) is 0 Å². The van der Waals surface area contributed by atoms with E-state index in [2.05, 4.69) is 44.2 Å². The molecule has 1 heteroatoms. The SMILES string of the molecule is CCC(C)c1ccc(C2(C#N)CC2)cc1. The minimum atomic E-state index is -0.131.